The fourth-order valence-corrected chi connectivity index (χ4v) is 3.11. The molecule has 0 spiro atoms. The maximum absolute atomic E-state index is 5.43. The number of nitrogens with one attached hydrogen (secondary N) is 2. The van der Waals surface area contributed by atoms with Gasteiger partial charge in [0.1, 0.15) is 5.76 Å². The summed E-state index contributed by atoms with van der Waals surface area (Å²) in [6, 6.07) is 12.6. The van der Waals surface area contributed by atoms with Gasteiger partial charge in [-0.2, -0.15) is 0 Å². The molecule has 6 nitrogen and oxygen atoms in total. The Morgan fingerprint density at radius 3 is 2.74 bits per heavy atom. The fraction of sp³-hybridized carbons (Fsp3) is 0.476. The second-order valence-electron chi connectivity index (χ2n) is 6.66. The molecule has 3 rings (SSSR count). The van der Waals surface area contributed by atoms with Crippen LogP contribution in [0, 0.1) is 0 Å². The van der Waals surface area contributed by atoms with Gasteiger partial charge in [-0.1, -0.05) is 24.3 Å². The lowest BCUT2D eigenvalue weighted by Gasteiger charge is -2.26. The lowest BCUT2D eigenvalue weighted by atomic mass is 10.1. The van der Waals surface area contributed by atoms with Crippen LogP contribution in [-0.2, 0) is 24.2 Å². The van der Waals surface area contributed by atoms with E-state index in [1.165, 1.54) is 11.1 Å². The lowest BCUT2D eigenvalue weighted by Crippen LogP contribution is -2.38. The van der Waals surface area contributed by atoms with Gasteiger partial charge in [0.15, 0.2) is 5.96 Å². The summed E-state index contributed by atoms with van der Waals surface area (Å²) in [7, 11) is 0. The summed E-state index contributed by atoms with van der Waals surface area (Å²) in [6.45, 7) is 9.01. The second-order valence-corrected chi connectivity index (χ2v) is 6.66. The van der Waals surface area contributed by atoms with E-state index in [1.54, 1.807) is 6.26 Å². The largest absolute Gasteiger partial charge is 0.469 e. The standard InChI is InChI=1S/C21H30N4O2/c1-2-22-21(23-9-8-20-7-4-12-27-20)24-16-18-5-3-6-19(15-18)17-25-10-13-26-14-11-25/h3-7,12,15H,2,8-11,13-14,16-17H2,1H3,(H2,22,23,24). The second kappa shape index (κ2) is 10.7. The highest BCUT2D eigenvalue weighted by molar-refractivity contribution is 5.79. The molecule has 2 N–H and O–H groups in total. The molecule has 0 saturated carbocycles. The Kier molecular flexibility index (Phi) is 7.74. The molecule has 1 aliphatic rings. The number of rotatable bonds is 8. The fourth-order valence-electron chi connectivity index (χ4n) is 3.11. The molecule has 146 valence electrons. The van der Waals surface area contributed by atoms with Crippen molar-refractivity contribution in [3.63, 3.8) is 0 Å². The summed E-state index contributed by atoms with van der Waals surface area (Å²) in [5, 5.41) is 6.67. The molecule has 0 amide bonds. The molecule has 1 saturated heterocycles. The number of nitrogens with zero attached hydrogens (tertiary/aromatic N) is 2. The summed E-state index contributed by atoms with van der Waals surface area (Å²) in [6.07, 6.45) is 2.55. The number of ether oxygens (including phenoxy) is 1. The maximum atomic E-state index is 5.43. The van der Waals surface area contributed by atoms with Crippen LogP contribution in [-0.4, -0.2) is 50.3 Å². The van der Waals surface area contributed by atoms with Gasteiger partial charge < -0.3 is 19.8 Å². The van der Waals surface area contributed by atoms with Gasteiger partial charge in [0, 0.05) is 39.1 Å². The topological polar surface area (TPSA) is 62.0 Å². The smallest absolute Gasteiger partial charge is 0.191 e. The Hall–Kier alpha value is -2.31. The summed E-state index contributed by atoms with van der Waals surface area (Å²) in [5.41, 5.74) is 2.56. The number of furan rings is 1. The number of benzene rings is 1. The third-order valence-electron chi connectivity index (χ3n) is 4.51. The minimum atomic E-state index is 0.660. The van der Waals surface area contributed by atoms with Gasteiger partial charge in [0.2, 0.25) is 0 Å². The first-order chi connectivity index (χ1) is 13.3. The molecule has 0 bridgehead atoms. The molecule has 6 heteroatoms. The molecule has 27 heavy (non-hydrogen) atoms. The van der Waals surface area contributed by atoms with Crippen molar-refractivity contribution >= 4 is 5.96 Å². The molecular formula is C21H30N4O2. The first kappa shape index (κ1) is 19.5. The number of hydrogen-bond donors (Lipinski definition) is 2. The SMILES string of the molecule is CCNC(=NCc1cccc(CN2CCOCC2)c1)NCCc1ccco1. The van der Waals surface area contributed by atoms with Crippen LogP contribution < -0.4 is 10.6 Å². The number of aliphatic imine (C=N–C) groups is 1. The van der Waals surface area contributed by atoms with Crippen LogP contribution in [0.3, 0.4) is 0 Å². The number of morpholine rings is 1. The van der Waals surface area contributed by atoms with Crippen molar-refractivity contribution in [2.75, 3.05) is 39.4 Å². The Morgan fingerprint density at radius 1 is 1.11 bits per heavy atom. The maximum Gasteiger partial charge on any atom is 0.191 e. The normalized spacial score (nSPS) is 15.7. The molecule has 1 aliphatic heterocycles. The predicted octanol–water partition coefficient (Wildman–Crippen LogP) is 2.41. The molecule has 2 aromatic rings. The molecule has 1 aromatic heterocycles. The molecule has 0 aliphatic carbocycles. The molecule has 1 aromatic carbocycles. The Balaban J connectivity index is 1.52. The highest BCUT2D eigenvalue weighted by atomic mass is 16.5. The minimum absolute atomic E-state index is 0.660. The monoisotopic (exact) mass is 370 g/mol. The molecule has 0 radical (unpaired) electrons. The van der Waals surface area contributed by atoms with Gasteiger partial charge in [-0.3, -0.25) is 4.90 Å². The van der Waals surface area contributed by atoms with Crippen molar-refractivity contribution in [2.24, 2.45) is 4.99 Å². The lowest BCUT2D eigenvalue weighted by molar-refractivity contribution is 0.0342. The van der Waals surface area contributed by atoms with Crippen molar-refractivity contribution in [3.8, 4) is 0 Å². The van der Waals surface area contributed by atoms with Crippen LogP contribution in [0.4, 0.5) is 0 Å². The van der Waals surface area contributed by atoms with Gasteiger partial charge in [-0.15, -0.1) is 0 Å². The van der Waals surface area contributed by atoms with Crippen molar-refractivity contribution < 1.29 is 9.15 Å². The summed E-state index contributed by atoms with van der Waals surface area (Å²) in [5.74, 6) is 1.82. The van der Waals surface area contributed by atoms with Crippen molar-refractivity contribution in [1.29, 1.82) is 0 Å². The van der Waals surface area contributed by atoms with E-state index in [1.807, 2.05) is 12.1 Å². The molecule has 2 heterocycles. The third-order valence-corrected chi connectivity index (χ3v) is 4.51. The Bertz CT molecular complexity index is 694. The zero-order valence-electron chi connectivity index (χ0n) is 16.1. The van der Waals surface area contributed by atoms with E-state index < -0.39 is 0 Å². The predicted molar refractivity (Wildman–Crippen MR) is 108 cm³/mol. The first-order valence-electron chi connectivity index (χ1n) is 9.76. The molecule has 1 fully saturated rings. The van der Waals surface area contributed by atoms with E-state index >= 15 is 0 Å². The highest BCUT2D eigenvalue weighted by Gasteiger charge is 2.10. The summed E-state index contributed by atoms with van der Waals surface area (Å²) < 4.78 is 10.8. The molecule has 0 atom stereocenters. The van der Waals surface area contributed by atoms with Gasteiger partial charge in [-0.25, -0.2) is 4.99 Å². The van der Waals surface area contributed by atoms with E-state index in [9.17, 15) is 0 Å². The van der Waals surface area contributed by atoms with E-state index in [2.05, 4.69) is 46.7 Å². The van der Waals surface area contributed by atoms with Gasteiger partial charge >= 0.3 is 0 Å². The van der Waals surface area contributed by atoms with E-state index in [-0.39, 0.29) is 0 Å². The van der Waals surface area contributed by atoms with Crippen molar-refractivity contribution in [1.82, 2.24) is 15.5 Å². The molecule has 0 unspecified atom stereocenters. The minimum Gasteiger partial charge on any atom is -0.469 e. The van der Waals surface area contributed by atoms with Crippen LogP contribution in [0.25, 0.3) is 0 Å². The Labute approximate surface area is 161 Å². The van der Waals surface area contributed by atoms with Crippen LogP contribution in [0.15, 0.2) is 52.1 Å². The number of hydrogen-bond acceptors (Lipinski definition) is 4. The summed E-state index contributed by atoms with van der Waals surface area (Å²) >= 11 is 0. The van der Waals surface area contributed by atoms with Crippen LogP contribution in [0.5, 0.6) is 0 Å². The quantitative estimate of drug-likeness (QED) is 0.552. The van der Waals surface area contributed by atoms with Gasteiger partial charge in [0.25, 0.3) is 0 Å². The van der Waals surface area contributed by atoms with Crippen LogP contribution in [0.2, 0.25) is 0 Å². The zero-order chi connectivity index (χ0) is 18.7. The van der Waals surface area contributed by atoms with Crippen molar-refractivity contribution in [2.45, 2.75) is 26.4 Å². The highest BCUT2D eigenvalue weighted by Crippen LogP contribution is 2.11. The van der Waals surface area contributed by atoms with E-state index in [0.29, 0.717) is 6.54 Å². The zero-order valence-corrected chi connectivity index (χ0v) is 16.1. The van der Waals surface area contributed by atoms with Crippen LogP contribution in [0.1, 0.15) is 23.8 Å². The van der Waals surface area contributed by atoms with Gasteiger partial charge in [-0.05, 0) is 30.2 Å². The van der Waals surface area contributed by atoms with Gasteiger partial charge in [0.05, 0.1) is 26.0 Å². The van der Waals surface area contributed by atoms with E-state index in [4.69, 9.17) is 14.1 Å². The average Bonchev–Trinajstić information content (AvgIpc) is 3.21. The van der Waals surface area contributed by atoms with Crippen molar-refractivity contribution in [3.05, 3.63) is 59.5 Å². The Morgan fingerprint density at radius 2 is 1.96 bits per heavy atom. The van der Waals surface area contributed by atoms with E-state index in [0.717, 1.165) is 64.1 Å². The first-order valence-corrected chi connectivity index (χ1v) is 9.76. The van der Waals surface area contributed by atoms with Crippen LogP contribution >= 0.6 is 0 Å². The number of guanidine groups is 1. The third kappa shape index (κ3) is 6.73. The summed E-state index contributed by atoms with van der Waals surface area (Å²) in [4.78, 5) is 7.16. The molecular weight excluding hydrogens is 340 g/mol. The average molecular weight is 370 g/mol.